The lowest BCUT2D eigenvalue weighted by Crippen LogP contribution is -2.25. The third-order valence-corrected chi connectivity index (χ3v) is 7.39. The van der Waals surface area contributed by atoms with E-state index in [0.29, 0.717) is 45.6 Å². The van der Waals surface area contributed by atoms with Gasteiger partial charge in [0.25, 0.3) is 0 Å². The summed E-state index contributed by atoms with van der Waals surface area (Å²) in [6.45, 7) is 1.57. The van der Waals surface area contributed by atoms with Crippen molar-refractivity contribution in [3.63, 3.8) is 0 Å². The highest BCUT2D eigenvalue weighted by atomic mass is 32.2. The highest BCUT2D eigenvalue weighted by Crippen LogP contribution is 2.32. The van der Waals surface area contributed by atoms with Crippen LogP contribution in [-0.2, 0) is 29.7 Å². The number of pyridine rings is 2. The number of nitrogens with zero attached hydrogens (tertiary/aromatic N) is 7. The van der Waals surface area contributed by atoms with Crippen molar-refractivity contribution < 1.29 is 13.6 Å². The second-order valence-electron chi connectivity index (χ2n) is 9.83. The summed E-state index contributed by atoms with van der Waals surface area (Å²) in [6, 6.07) is 22.3. The Morgan fingerprint density at radius 3 is 2.56 bits per heavy atom. The summed E-state index contributed by atoms with van der Waals surface area (Å²) >= 11 is -2.51. The fraction of sp³-hybridized carbons (Fsp3) is 0.100. The normalized spacial score (nSPS) is 11.9. The molecule has 13 heteroatoms. The van der Waals surface area contributed by atoms with Gasteiger partial charge < -0.3 is 20.2 Å². The summed E-state index contributed by atoms with van der Waals surface area (Å²) in [5.41, 5.74) is 11.8. The molecule has 1 unspecified atom stereocenters. The van der Waals surface area contributed by atoms with E-state index in [1.807, 2.05) is 71.3 Å². The number of benzene rings is 2. The molecule has 4 aromatic heterocycles. The minimum absolute atomic E-state index is 0.105. The molecular weight excluding hydrogens is 566 g/mol. The number of anilines is 3. The molecule has 4 heterocycles. The van der Waals surface area contributed by atoms with Crippen LogP contribution < -0.4 is 15.4 Å². The first-order valence-corrected chi connectivity index (χ1v) is 14.2. The van der Waals surface area contributed by atoms with Crippen LogP contribution in [0.25, 0.3) is 39.5 Å². The first-order valence-electron chi connectivity index (χ1n) is 13.2. The van der Waals surface area contributed by atoms with Gasteiger partial charge in [-0.2, -0.15) is 0 Å². The third kappa shape index (κ3) is 5.71. The molecule has 6 aromatic rings. The van der Waals surface area contributed by atoms with Gasteiger partial charge in [0.15, 0.2) is 17.3 Å². The Labute approximate surface area is 249 Å². The minimum Gasteiger partial charge on any atom is -0.755 e. The van der Waals surface area contributed by atoms with E-state index >= 15 is 0 Å². The zero-order chi connectivity index (χ0) is 30.1. The number of carbonyl (C=O) groups is 1. The number of imidazole rings is 2. The monoisotopic (exact) mass is 592 g/mol. The highest BCUT2D eigenvalue weighted by molar-refractivity contribution is 7.80. The molecular formula is C30H26N9O3S-. The van der Waals surface area contributed by atoms with Crippen LogP contribution in [0, 0.1) is 0 Å². The van der Waals surface area contributed by atoms with Crippen molar-refractivity contribution in [3.8, 4) is 28.3 Å². The molecule has 216 valence electrons. The second-order valence-corrected chi connectivity index (χ2v) is 10.7. The molecule has 1 atom stereocenters. The fourth-order valence-electron chi connectivity index (χ4n) is 4.76. The molecule has 43 heavy (non-hydrogen) atoms. The van der Waals surface area contributed by atoms with E-state index in [1.54, 1.807) is 36.4 Å². The number of amides is 1. The van der Waals surface area contributed by atoms with E-state index in [9.17, 15) is 13.6 Å². The first-order chi connectivity index (χ1) is 20.8. The van der Waals surface area contributed by atoms with Crippen molar-refractivity contribution in [2.24, 2.45) is 7.05 Å². The SMILES string of the molecule is CC(=O)Nc1cccc(-c2ccc3nc(-c4cccnc4N)n(-c4ccc(CN(c5cn(C)cn5)S(=O)[O-])cc4)c3n2)c1. The molecule has 0 fully saturated rings. The zero-order valence-electron chi connectivity index (χ0n) is 23.2. The number of nitrogens with two attached hydrogens (primary N) is 1. The maximum Gasteiger partial charge on any atom is 0.221 e. The van der Waals surface area contributed by atoms with Crippen molar-refractivity contribution >= 4 is 45.7 Å². The Kier molecular flexibility index (Phi) is 7.40. The molecule has 0 spiro atoms. The Bertz CT molecular complexity index is 1990. The predicted molar refractivity (Wildman–Crippen MR) is 165 cm³/mol. The van der Waals surface area contributed by atoms with Gasteiger partial charge >= 0.3 is 0 Å². The van der Waals surface area contributed by atoms with Gasteiger partial charge in [-0.1, -0.05) is 24.3 Å². The molecule has 12 nitrogen and oxygen atoms in total. The summed E-state index contributed by atoms with van der Waals surface area (Å²) in [5.74, 6) is 1.04. The maximum atomic E-state index is 12.0. The lowest BCUT2D eigenvalue weighted by atomic mass is 10.1. The van der Waals surface area contributed by atoms with Crippen LogP contribution in [0.15, 0.2) is 91.5 Å². The quantitative estimate of drug-likeness (QED) is 0.248. The summed E-state index contributed by atoms with van der Waals surface area (Å²) in [7, 11) is 1.78. The first kappa shape index (κ1) is 27.8. The van der Waals surface area contributed by atoms with Crippen LogP contribution in [0.2, 0.25) is 0 Å². The van der Waals surface area contributed by atoms with Crippen molar-refractivity contribution in [1.82, 2.24) is 29.1 Å². The third-order valence-electron chi connectivity index (χ3n) is 6.71. The summed E-state index contributed by atoms with van der Waals surface area (Å²) in [5, 5.41) is 2.81. The molecule has 0 saturated carbocycles. The minimum atomic E-state index is -2.51. The molecule has 6 rings (SSSR count). The van der Waals surface area contributed by atoms with E-state index in [4.69, 9.17) is 15.7 Å². The van der Waals surface area contributed by atoms with E-state index < -0.39 is 11.3 Å². The number of hydrogen-bond donors (Lipinski definition) is 2. The largest absolute Gasteiger partial charge is 0.755 e. The number of fused-ring (bicyclic) bond motifs is 1. The molecule has 0 aliphatic rings. The summed E-state index contributed by atoms with van der Waals surface area (Å²) in [6.07, 6.45) is 4.80. The standard InChI is InChI=1S/C30H27N9O3S/c1-19(40)34-22-6-3-5-21(15-22)25-12-13-26-30(35-25)39(29(36-26)24-7-4-14-32-28(24)31)23-10-8-20(9-11-23)16-38(43(41)42)27-17-37(2)18-33-27/h3-15,17-18H,16H2,1-2H3,(H2,31,32)(H,34,40)(H,41,42)/p-1. The average Bonchev–Trinajstić information content (AvgIpc) is 3.59. The van der Waals surface area contributed by atoms with Crippen LogP contribution in [0.5, 0.6) is 0 Å². The molecule has 0 bridgehead atoms. The Morgan fingerprint density at radius 1 is 1.05 bits per heavy atom. The number of nitrogens with one attached hydrogen (secondary N) is 1. The van der Waals surface area contributed by atoms with E-state index in [0.717, 1.165) is 16.8 Å². The van der Waals surface area contributed by atoms with E-state index in [2.05, 4.69) is 15.3 Å². The van der Waals surface area contributed by atoms with E-state index in [-0.39, 0.29) is 12.5 Å². The number of hydrogen-bond acceptors (Lipinski definition) is 8. The molecule has 0 saturated heterocycles. The Morgan fingerprint density at radius 2 is 1.86 bits per heavy atom. The highest BCUT2D eigenvalue weighted by Gasteiger charge is 2.19. The molecule has 2 aromatic carbocycles. The summed E-state index contributed by atoms with van der Waals surface area (Å²) in [4.78, 5) is 29.9. The predicted octanol–water partition coefficient (Wildman–Crippen LogP) is 4.22. The number of aromatic nitrogens is 6. The van der Waals surface area contributed by atoms with Gasteiger partial charge in [0.1, 0.15) is 11.3 Å². The second kappa shape index (κ2) is 11.5. The van der Waals surface area contributed by atoms with Crippen molar-refractivity contribution in [2.45, 2.75) is 13.5 Å². The molecule has 1 amide bonds. The maximum absolute atomic E-state index is 12.0. The van der Waals surface area contributed by atoms with Crippen LogP contribution in [0.4, 0.5) is 17.3 Å². The number of aryl methyl sites for hydroxylation is 1. The van der Waals surface area contributed by atoms with Crippen molar-refractivity contribution in [1.29, 1.82) is 0 Å². The van der Waals surface area contributed by atoms with Gasteiger partial charge in [0.05, 0.1) is 24.1 Å². The zero-order valence-corrected chi connectivity index (χ0v) is 24.0. The fourth-order valence-corrected chi connectivity index (χ4v) is 5.27. The van der Waals surface area contributed by atoms with Crippen LogP contribution >= 0.6 is 0 Å². The molecule has 0 aliphatic carbocycles. The van der Waals surface area contributed by atoms with Gasteiger partial charge in [-0.05, 0) is 54.1 Å². The Balaban J connectivity index is 1.44. The molecule has 3 N–H and O–H groups in total. The van der Waals surface area contributed by atoms with Gasteiger partial charge in [-0.15, -0.1) is 0 Å². The van der Waals surface area contributed by atoms with Crippen LogP contribution in [-0.4, -0.2) is 43.7 Å². The van der Waals surface area contributed by atoms with E-state index in [1.165, 1.54) is 11.2 Å². The Hall–Kier alpha value is -5.40. The topological polar surface area (TPSA) is 160 Å². The van der Waals surface area contributed by atoms with Crippen LogP contribution in [0.3, 0.4) is 0 Å². The van der Waals surface area contributed by atoms with Gasteiger partial charge in [-0.3, -0.25) is 17.9 Å². The average molecular weight is 593 g/mol. The smallest absolute Gasteiger partial charge is 0.221 e. The lowest BCUT2D eigenvalue weighted by molar-refractivity contribution is -0.114. The number of rotatable bonds is 8. The number of nitrogen functional groups attached to an aromatic ring is 1. The molecule has 0 aliphatic heterocycles. The number of carbonyl (C=O) groups excluding carboxylic acids is 1. The van der Waals surface area contributed by atoms with Gasteiger partial charge in [-0.25, -0.2) is 19.9 Å². The van der Waals surface area contributed by atoms with Gasteiger partial charge in [0, 0.05) is 54.6 Å². The van der Waals surface area contributed by atoms with Crippen LogP contribution in [0.1, 0.15) is 12.5 Å². The van der Waals surface area contributed by atoms with Gasteiger partial charge in [0.2, 0.25) is 5.91 Å². The van der Waals surface area contributed by atoms with Crippen molar-refractivity contribution in [3.05, 3.63) is 97.1 Å². The summed E-state index contributed by atoms with van der Waals surface area (Å²) < 4.78 is 28.7. The molecule has 0 radical (unpaired) electrons. The lowest BCUT2D eigenvalue weighted by Gasteiger charge is -2.24. The van der Waals surface area contributed by atoms with Crippen molar-refractivity contribution in [2.75, 3.05) is 15.4 Å².